The molecule has 1 aliphatic heterocycles. The predicted octanol–water partition coefficient (Wildman–Crippen LogP) is 12.1. The first-order valence-corrected chi connectivity index (χ1v) is 18.9. The SMILES string of the molecule is CCCCCCCCOc1ccc(/C=C/C2=CC(=C3C(=O)c4ccccc4C3=O)C=C(/C=C/c3ccc(OCCCCCCCC)cc3)O2)cc1. The average Bonchev–Trinajstić information content (AvgIpc) is 3.42. The molecule has 1 aliphatic carbocycles. The minimum absolute atomic E-state index is 0.162. The molecule has 5 rings (SSSR count). The van der Waals surface area contributed by atoms with Gasteiger partial charge in [0.05, 0.1) is 18.8 Å². The fourth-order valence-corrected chi connectivity index (χ4v) is 6.22. The summed E-state index contributed by atoms with van der Waals surface area (Å²) in [6.45, 7) is 5.91. The topological polar surface area (TPSA) is 61.8 Å². The summed E-state index contributed by atoms with van der Waals surface area (Å²) in [5.41, 5.74) is 3.52. The lowest BCUT2D eigenvalue weighted by Gasteiger charge is -2.15. The van der Waals surface area contributed by atoms with Gasteiger partial charge in [0.2, 0.25) is 0 Å². The average molecular weight is 685 g/mol. The van der Waals surface area contributed by atoms with E-state index in [1.165, 1.54) is 64.2 Å². The van der Waals surface area contributed by atoms with Crippen LogP contribution in [0.15, 0.2) is 120 Å². The van der Waals surface area contributed by atoms with Crippen molar-refractivity contribution in [2.24, 2.45) is 0 Å². The summed E-state index contributed by atoms with van der Waals surface area (Å²) in [6.07, 6.45) is 25.9. The summed E-state index contributed by atoms with van der Waals surface area (Å²) in [7, 11) is 0. The Labute approximate surface area is 304 Å². The quantitative estimate of drug-likeness (QED) is 0.0673. The highest BCUT2D eigenvalue weighted by Gasteiger charge is 2.35. The molecule has 0 bridgehead atoms. The van der Waals surface area contributed by atoms with Crippen LogP contribution in [0.3, 0.4) is 0 Å². The molecule has 0 saturated carbocycles. The van der Waals surface area contributed by atoms with E-state index in [4.69, 9.17) is 14.2 Å². The number of unbranched alkanes of at least 4 members (excludes halogenated alkanes) is 10. The van der Waals surface area contributed by atoms with E-state index in [1.807, 2.05) is 72.8 Å². The van der Waals surface area contributed by atoms with Crippen LogP contribution in [-0.2, 0) is 4.74 Å². The molecule has 0 amide bonds. The van der Waals surface area contributed by atoms with Crippen LogP contribution in [0.5, 0.6) is 11.5 Å². The van der Waals surface area contributed by atoms with Gasteiger partial charge >= 0.3 is 0 Å². The minimum Gasteiger partial charge on any atom is -0.494 e. The molecule has 0 fully saturated rings. The highest BCUT2D eigenvalue weighted by atomic mass is 16.5. The molecule has 0 spiro atoms. The van der Waals surface area contributed by atoms with Gasteiger partial charge in [0.1, 0.15) is 23.0 Å². The van der Waals surface area contributed by atoms with Crippen molar-refractivity contribution in [2.45, 2.75) is 90.9 Å². The molecule has 0 atom stereocenters. The maximum Gasteiger partial charge on any atom is 0.198 e. The lowest BCUT2D eigenvalue weighted by molar-refractivity contribution is 0.0987. The fourth-order valence-electron chi connectivity index (χ4n) is 6.22. The van der Waals surface area contributed by atoms with Crippen molar-refractivity contribution in [3.05, 3.63) is 142 Å². The van der Waals surface area contributed by atoms with Gasteiger partial charge in [0.25, 0.3) is 0 Å². The second-order valence-corrected chi connectivity index (χ2v) is 13.3. The van der Waals surface area contributed by atoms with Crippen LogP contribution in [0, 0.1) is 0 Å². The Hall–Kier alpha value is -4.90. The molecule has 266 valence electrons. The summed E-state index contributed by atoms with van der Waals surface area (Å²) in [5.74, 6) is 2.23. The van der Waals surface area contributed by atoms with Gasteiger partial charge < -0.3 is 14.2 Å². The Kier molecular flexibility index (Phi) is 14.7. The van der Waals surface area contributed by atoms with E-state index in [0.29, 0.717) is 28.2 Å². The molecule has 0 radical (unpaired) electrons. The Bertz CT molecular complexity index is 1630. The molecule has 3 aromatic rings. The Morgan fingerprint density at radius 3 is 1.35 bits per heavy atom. The molecule has 0 saturated heterocycles. The van der Waals surface area contributed by atoms with E-state index in [0.717, 1.165) is 48.7 Å². The van der Waals surface area contributed by atoms with Gasteiger partial charge in [-0.05, 0) is 78.1 Å². The van der Waals surface area contributed by atoms with E-state index in [2.05, 4.69) is 13.8 Å². The summed E-state index contributed by atoms with van der Waals surface area (Å²) in [6, 6.07) is 22.9. The summed E-state index contributed by atoms with van der Waals surface area (Å²) in [4.78, 5) is 26.8. The standard InChI is InChI=1S/C46H52O5/c1-3-5-7-9-11-15-31-49-38-25-19-35(20-26-38)23-29-40-33-37(44-45(47)42-17-13-14-18-43(42)46(44)48)34-41(51-40)30-24-36-21-27-39(28-22-36)50-32-16-12-10-8-6-4-2/h13-14,17-30,33-34H,3-12,15-16,31-32H2,1-2H3/b29-23+,30-24+. The zero-order valence-electron chi connectivity index (χ0n) is 30.3. The number of benzene rings is 3. The van der Waals surface area contributed by atoms with Gasteiger partial charge in [-0.2, -0.15) is 0 Å². The molecule has 0 aromatic heterocycles. The normalized spacial score (nSPS) is 14.2. The van der Waals surface area contributed by atoms with Gasteiger partial charge in [0.15, 0.2) is 11.6 Å². The third-order valence-electron chi connectivity index (χ3n) is 9.16. The van der Waals surface area contributed by atoms with Crippen molar-refractivity contribution in [3.63, 3.8) is 0 Å². The predicted molar refractivity (Wildman–Crippen MR) is 208 cm³/mol. The fraction of sp³-hybridized carbons (Fsp3) is 0.348. The molecule has 0 N–H and O–H groups in total. The Morgan fingerprint density at radius 1 is 0.510 bits per heavy atom. The van der Waals surface area contributed by atoms with Crippen molar-refractivity contribution >= 4 is 23.7 Å². The first kappa shape index (κ1) is 37.4. The number of allylic oxidation sites excluding steroid dienone is 6. The molecule has 1 heterocycles. The van der Waals surface area contributed by atoms with E-state index in [1.54, 1.807) is 36.4 Å². The van der Waals surface area contributed by atoms with Crippen LogP contribution in [-0.4, -0.2) is 24.8 Å². The van der Waals surface area contributed by atoms with E-state index in [9.17, 15) is 9.59 Å². The Balaban J connectivity index is 1.25. The van der Waals surface area contributed by atoms with Gasteiger partial charge in [-0.1, -0.05) is 139 Å². The second kappa shape index (κ2) is 20.1. The first-order valence-electron chi connectivity index (χ1n) is 18.9. The lowest BCUT2D eigenvalue weighted by atomic mass is 10.00. The first-order chi connectivity index (χ1) is 25.1. The zero-order valence-corrected chi connectivity index (χ0v) is 30.3. The molecular weight excluding hydrogens is 633 g/mol. The summed E-state index contributed by atoms with van der Waals surface area (Å²) >= 11 is 0. The molecule has 3 aromatic carbocycles. The molecule has 5 heteroatoms. The number of fused-ring (bicyclic) bond motifs is 1. The monoisotopic (exact) mass is 684 g/mol. The molecule has 5 nitrogen and oxygen atoms in total. The highest BCUT2D eigenvalue weighted by Crippen LogP contribution is 2.33. The zero-order chi connectivity index (χ0) is 35.7. The van der Waals surface area contributed by atoms with Crippen LogP contribution in [0.1, 0.15) is 123 Å². The van der Waals surface area contributed by atoms with E-state index >= 15 is 0 Å². The van der Waals surface area contributed by atoms with E-state index in [-0.39, 0.29) is 17.1 Å². The number of carbonyl (C=O) groups is 2. The smallest absolute Gasteiger partial charge is 0.198 e. The van der Waals surface area contributed by atoms with Crippen LogP contribution in [0.4, 0.5) is 0 Å². The number of rotatable bonds is 20. The third kappa shape index (κ3) is 11.3. The molecule has 2 aliphatic rings. The number of Topliss-reactive ketones (excluding diaryl/α,β-unsaturated/α-hetero) is 2. The molecule has 0 unspecified atom stereocenters. The van der Waals surface area contributed by atoms with Gasteiger partial charge in [-0.25, -0.2) is 0 Å². The minimum atomic E-state index is -0.264. The molecular formula is C46H52O5. The van der Waals surface area contributed by atoms with Gasteiger partial charge in [-0.3, -0.25) is 9.59 Å². The van der Waals surface area contributed by atoms with Crippen molar-refractivity contribution < 1.29 is 23.8 Å². The Morgan fingerprint density at radius 2 is 0.922 bits per heavy atom. The third-order valence-corrected chi connectivity index (χ3v) is 9.16. The van der Waals surface area contributed by atoms with Gasteiger partial charge in [0, 0.05) is 11.1 Å². The van der Waals surface area contributed by atoms with Crippen molar-refractivity contribution in [3.8, 4) is 11.5 Å². The van der Waals surface area contributed by atoms with E-state index < -0.39 is 0 Å². The summed E-state index contributed by atoms with van der Waals surface area (Å²) < 4.78 is 18.2. The van der Waals surface area contributed by atoms with Crippen LogP contribution in [0.2, 0.25) is 0 Å². The number of hydrogen-bond donors (Lipinski definition) is 0. The largest absolute Gasteiger partial charge is 0.494 e. The number of ether oxygens (including phenoxy) is 3. The van der Waals surface area contributed by atoms with Crippen molar-refractivity contribution in [1.29, 1.82) is 0 Å². The van der Waals surface area contributed by atoms with Crippen LogP contribution in [0.25, 0.3) is 12.2 Å². The lowest BCUT2D eigenvalue weighted by Crippen LogP contribution is -2.07. The maximum atomic E-state index is 13.4. The van der Waals surface area contributed by atoms with Crippen molar-refractivity contribution in [2.75, 3.05) is 13.2 Å². The van der Waals surface area contributed by atoms with Crippen molar-refractivity contribution in [1.82, 2.24) is 0 Å². The maximum absolute atomic E-state index is 13.4. The molecule has 51 heavy (non-hydrogen) atoms. The second-order valence-electron chi connectivity index (χ2n) is 13.3. The highest BCUT2D eigenvalue weighted by molar-refractivity contribution is 6.40. The number of hydrogen-bond acceptors (Lipinski definition) is 5. The van der Waals surface area contributed by atoms with Gasteiger partial charge in [-0.15, -0.1) is 0 Å². The van der Waals surface area contributed by atoms with Crippen LogP contribution >= 0.6 is 0 Å². The number of carbonyl (C=O) groups excluding carboxylic acids is 2. The number of ketones is 2. The summed E-state index contributed by atoms with van der Waals surface area (Å²) in [5, 5.41) is 0. The van der Waals surface area contributed by atoms with Crippen LogP contribution < -0.4 is 9.47 Å².